The number of aryl methyl sites for hydroxylation is 1. The summed E-state index contributed by atoms with van der Waals surface area (Å²) >= 11 is 0. The maximum absolute atomic E-state index is 13.1. The van der Waals surface area contributed by atoms with Crippen LogP contribution in [0.1, 0.15) is 18.4 Å². The van der Waals surface area contributed by atoms with E-state index < -0.39 is 6.10 Å². The van der Waals surface area contributed by atoms with Gasteiger partial charge in [0.25, 0.3) is 0 Å². The first kappa shape index (κ1) is 15.2. The molecule has 1 aromatic rings. The fourth-order valence-corrected chi connectivity index (χ4v) is 2.05. The Labute approximate surface area is 118 Å². The number of rotatable bonds is 6. The molecule has 0 spiro atoms. The van der Waals surface area contributed by atoms with Gasteiger partial charge in [-0.25, -0.2) is 4.39 Å². The third-order valence-electron chi connectivity index (χ3n) is 3.27. The molecule has 0 bridgehead atoms. The van der Waals surface area contributed by atoms with Gasteiger partial charge in [-0.15, -0.1) is 0 Å². The fraction of sp³-hybridized carbons (Fsp3) is 0.600. The summed E-state index contributed by atoms with van der Waals surface area (Å²) in [4.78, 5) is 0. The molecule has 1 unspecified atom stereocenters. The van der Waals surface area contributed by atoms with Crippen LogP contribution in [-0.2, 0) is 9.47 Å². The maximum Gasteiger partial charge on any atom is 0.126 e. The lowest BCUT2D eigenvalue weighted by Crippen LogP contribution is -2.30. The molecule has 0 aromatic heterocycles. The molecule has 1 fully saturated rings. The minimum atomic E-state index is -0.722. The minimum absolute atomic E-state index is 0.0908. The first-order valence-electron chi connectivity index (χ1n) is 6.91. The predicted molar refractivity (Wildman–Crippen MR) is 72.4 cm³/mol. The van der Waals surface area contributed by atoms with Gasteiger partial charge in [-0.3, -0.25) is 0 Å². The molecule has 1 aliphatic heterocycles. The molecule has 2 rings (SSSR count). The van der Waals surface area contributed by atoms with Crippen LogP contribution in [-0.4, -0.2) is 43.7 Å². The highest BCUT2D eigenvalue weighted by Gasteiger charge is 2.16. The average Bonchev–Trinajstić information content (AvgIpc) is 2.47. The summed E-state index contributed by atoms with van der Waals surface area (Å²) in [6, 6.07) is 4.35. The molecule has 0 amide bonds. The molecule has 0 radical (unpaired) electrons. The topological polar surface area (TPSA) is 47.9 Å². The summed E-state index contributed by atoms with van der Waals surface area (Å²) < 4.78 is 29.3. The molecule has 1 heterocycles. The van der Waals surface area contributed by atoms with E-state index in [1.54, 1.807) is 6.07 Å². The second-order valence-corrected chi connectivity index (χ2v) is 5.02. The van der Waals surface area contributed by atoms with Gasteiger partial charge in [0.15, 0.2) is 0 Å². The van der Waals surface area contributed by atoms with Crippen LogP contribution in [0.3, 0.4) is 0 Å². The smallest absolute Gasteiger partial charge is 0.126 e. The van der Waals surface area contributed by atoms with Crippen molar-refractivity contribution in [3.8, 4) is 5.75 Å². The van der Waals surface area contributed by atoms with Gasteiger partial charge in [-0.2, -0.15) is 0 Å². The number of ether oxygens (including phenoxy) is 3. The van der Waals surface area contributed by atoms with Crippen molar-refractivity contribution in [3.05, 3.63) is 29.6 Å². The number of aliphatic hydroxyl groups excluding tert-OH is 1. The summed E-state index contributed by atoms with van der Waals surface area (Å²) in [5.74, 6) is 0.105. The lowest BCUT2D eigenvalue weighted by atomic mass is 10.1. The first-order chi connectivity index (χ1) is 9.65. The average molecular weight is 284 g/mol. The molecule has 1 N–H and O–H groups in total. The van der Waals surface area contributed by atoms with Crippen molar-refractivity contribution in [1.82, 2.24) is 0 Å². The van der Waals surface area contributed by atoms with Crippen LogP contribution in [0.2, 0.25) is 0 Å². The largest absolute Gasteiger partial charge is 0.490 e. The van der Waals surface area contributed by atoms with E-state index in [-0.39, 0.29) is 25.1 Å². The maximum atomic E-state index is 13.1. The molecular weight excluding hydrogens is 263 g/mol. The van der Waals surface area contributed by atoms with E-state index in [4.69, 9.17) is 14.2 Å². The lowest BCUT2D eigenvalue weighted by Gasteiger charge is -2.23. The van der Waals surface area contributed by atoms with Crippen LogP contribution in [0.15, 0.2) is 18.2 Å². The van der Waals surface area contributed by atoms with E-state index in [2.05, 4.69) is 0 Å². The van der Waals surface area contributed by atoms with E-state index >= 15 is 0 Å². The molecule has 20 heavy (non-hydrogen) atoms. The first-order valence-corrected chi connectivity index (χ1v) is 6.91. The third-order valence-corrected chi connectivity index (χ3v) is 3.27. The Morgan fingerprint density at radius 1 is 1.35 bits per heavy atom. The second-order valence-electron chi connectivity index (χ2n) is 5.02. The highest BCUT2D eigenvalue weighted by atomic mass is 19.1. The fourth-order valence-electron chi connectivity index (χ4n) is 2.05. The zero-order valence-corrected chi connectivity index (χ0v) is 11.7. The quantitative estimate of drug-likeness (QED) is 0.869. The van der Waals surface area contributed by atoms with Gasteiger partial charge in [-0.1, -0.05) is 6.07 Å². The highest BCUT2D eigenvalue weighted by Crippen LogP contribution is 2.19. The Morgan fingerprint density at radius 3 is 2.85 bits per heavy atom. The lowest BCUT2D eigenvalue weighted by molar-refractivity contribution is -0.0659. The van der Waals surface area contributed by atoms with Crippen LogP contribution in [0, 0.1) is 12.7 Å². The van der Waals surface area contributed by atoms with Crippen LogP contribution >= 0.6 is 0 Å². The summed E-state index contributed by atoms with van der Waals surface area (Å²) in [5, 5.41) is 9.83. The van der Waals surface area contributed by atoms with Crippen LogP contribution in [0.4, 0.5) is 4.39 Å². The van der Waals surface area contributed by atoms with E-state index in [1.807, 2.05) is 6.92 Å². The van der Waals surface area contributed by atoms with Crippen molar-refractivity contribution in [2.24, 2.45) is 0 Å². The zero-order chi connectivity index (χ0) is 14.4. The molecule has 5 heteroatoms. The van der Waals surface area contributed by atoms with Crippen molar-refractivity contribution >= 4 is 0 Å². The second kappa shape index (κ2) is 7.57. The summed E-state index contributed by atoms with van der Waals surface area (Å²) in [6.45, 7) is 3.56. The minimum Gasteiger partial charge on any atom is -0.490 e. The predicted octanol–water partition coefficient (Wildman–Crippen LogP) is 2.07. The molecule has 4 nitrogen and oxygen atoms in total. The Bertz CT molecular complexity index is 418. The third kappa shape index (κ3) is 4.74. The van der Waals surface area contributed by atoms with Crippen LogP contribution < -0.4 is 4.74 Å². The van der Waals surface area contributed by atoms with E-state index in [1.165, 1.54) is 12.1 Å². The SMILES string of the molecule is Cc1ccc(F)cc1OCC(O)COC1CCOCC1. The Balaban J connectivity index is 1.71. The molecular formula is C15H21FO4. The molecule has 112 valence electrons. The Hall–Kier alpha value is -1.17. The van der Waals surface area contributed by atoms with Crippen molar-refractivity contribution in [2.45, 2.75) is 32.0 Å². The van der Waals surface area contributed by atoms with Gasteiger partial charge in [0.1, 0.15) is 24.3 Å². The molecule has 0 aliphatic carbocycles. The molecule has 1 aromatic carbocycles. The van der Waals surface area contributed by atoms with Crippen molar-refractivity contribution in [3.63, 3.8) is 0 Å². The Kier molecular flexibility index (Phi) is 5.76. The molecule has 1 aliphatic rings. The number of hydrogen-bond donors (Lipinski definition) is 1. The summed E-state index contributed by atoms with van der Waals surface area (Å²) in [6.07, 6.45) is 1.14. The number of aliphatic hydroxyl groups is 1. The van der Waals surface area contributed by atoms with Gasteiger partial charge in [0.05, 0.1) is 12.7 Å². The number of halogens is 1. The van der Waals surface area contributed by atoms with Crippen molar-refractivity contribution < 1.29 is 23.7 Å². The van der Waals surface area contributed by atoms with Crippen molar-refractivity contribution in [1.29, 1.82) is 0 Å². The van der Waals surface area contributed by atoms with E-state index in [0.29, 0.717) is 19.0 Å². The van der Waals surface area contributed by atoms with Gasteiger partial charge < -0.3 is 19.3 Å². The van der Waals surface area contributed by atoms with E-state index in [9.17, 15) is 9.50 Å². The molecule has 1 atom stereocenters. The van der Waals surface area contributed by atoms with Gasteiger partial charge >= 0.3 is 0 Å². The van der Waals surface area contributed by atoms with Crippen molar-refractivity contribution in [2.75, 3.05) is 26.4 Å². The Morgan fingerprint density at radius 2 is 2.10 bits per heavy atom. The van der Waals surface area contributed by atoms with Gasteiger partial charge in [-0.05, 0) is 31.4 Å². The molecule has 1 saturated heterocycles. The number of benzene rings is 1. The monoisotopic (exact) mass is 284 g/mol. The van der Waals surface area contributed by atoms with Gasteiger partial charge in [0.2, 0.25) is 0 Å². The van der Waals surface area contributed by atoms with Gasteiger partial charge in [0, 0.05) is 19.3 Å². The normalized spacial score (nSPS) is 17.9. The summed E-state index contributed by atoms with van der Waals surface area (Å²) in [7, 11) is 0. The number of hydrogen-bond acceptors (Lipinski definition) is 4. The standard InChI is InChI=1S/C15H21FO4/c1-11-2-3-12(16)8-15(11)20-10-13(17)9-19-14-4-6-18-7-5-14/h2-3,8,13-14,17H,4-7,9-10H2,1H3. The van der Waals surface area contributed by atoms with E-state index in [0.717, 1.165) is 18.4 Å². The highest BCUT2D eigenvalue weighted by molar-refractivity contribution is 5.32. The summed E-state index contributed by atoms with van der Waals surface area (Å²) in [5.41, 5.74) is 0.837. The van der Waals surface area contributed by atoms with Crippen LogP contribution in [0.5, 0.6) is 5.75 Å². The zero-order valence-electron chi connectivity index (χ0n) is 11.7. The molecule has 0 saturated carbocycles. The van der Waals surface area contributed by atoms with Crippen LogP contribution in [0.25, 0.3) is 0 Å².